The van der Waals surface area contributed by atoms with E-state index in [4.69, 9.17) is 14.2 Å². The van der Waals surface area contributed by atoms with Gasteiger partial charge in [0.25, 0.3) is 0 Å². The molecule has 0 saturated carbocycles. The number of carbonyl (C=O) groups excluding carboxylic acids is 1. The van der Waals surface area contributed by atoms with Crippen LogP contribution in [-0.2, 0) is 14.3 Å². The van der Waals surface area contributed by atoms with Gasteiger partial charge in [-0.05, 0) is 31.9 Å². The Hall–Kier alpha value is -2.12. The maximum atomic E-state index is 13.5. The van der Waals surface area contributed by atoms with E-state index in [1.165, 1.54) is 6.07 Å². The quantitative estimate of drug-likeness (QED) is 0.882. The van der Waals surface area contributed by atoms with E-state index < -0.39 is 11.4 Å². The highest BCUT2D eigenvalue weighted by molar-refractivity contribution is 5.88. The third-order valence-electron chi connectivity index (χ3n) is 5.35. The van der Waals surface area contributed by atoms with Crippen LogP contribution in [0.15, 0.2) is 18.2 Å². The average Bonchev–Trinajstić information content (AvgIpc) is 2.80. The summed E-state index contributed by atoms with van der Waals surface area (Å²) in [6, 6.07) is 4.61. The van der Waals surface area contributed by atoms with Gasteiger partial charge in [0.1, 0.15) is 12.4 Å². The summed E-state index contributed by atoms with van der Waals surface area (Å²) in [6.07, 6.45) is 1.27. The molecule has 0 bridgehead atoms. The lowest BCUT2D eigenvalue weighted by molar-refractivity contribution is -0.155. The predicted octanol–water partition coefficient (Wildman–Crippen LogP) is 2.11. The van der Waals surface area contributed by atoms with E-state index in [2.05, 4.69) is 0 Å². The number of ether oxygens (including phenoxy) is 3. The first-order chi connectivity index (χ1) is 12.5. The Balaban J connectivity index is 1.90. The normalized spacial score (nSPS) is 22.1. The zero-order valence-electron chi connectivity index (χ0n) is 15.2. The molecule has 7 nitrogen and oxygen atoms in total. The molecule has 26 heavy (non-hydrogen) atoms. The highest BCUT2D eigenvalue weighted by Gasteiger charge is 2.44. The predicted molar refractivity (Wildman–Crippen MR) is 93.4 cm³/mol. The van der Waals surface area contributed by atoms with Crippen LogP contribution in [0.25, 0.3) is 0 Å². The van der Waals surface area contributed by atoms with Crippen molar-refractivity contribution in [2.45, 2.75) is 25.8 Å². The molecule has 1 N–H and O–H groups in total. The second-order valence-electron chi connectivity index (χ2n) is 6.91. The summed E-state index contributed by atoms with van der Waals surface area (Å²) in [4.78, 5) is 26.5. The number of hydrogen-bond donors (Lipinski definition) is 1. The van der Waals surface area contributed by atoms with Gasteiger partial charge in [0, 0.05) is 25.9 Å². The van der Waals surface area contributed by atoms with Crippen LogP contribution in [0.2, 0.25) is 0 Å². The van der Waals surface area contributed by atoms with Gasteiger partial charge in [0.2, 0.25) is 5.91 Å². The fourth-order valence-corrected chi connectivity index (χ4v) is 3.79. The third kappa shape index (κ3) is 3.41. The fraction of sp³-hybridized carbons (Fsp3) is 0.579. The molecule has 1 atom stereocenters. The number of carboxylic acid groups (broad SMARTS) is 1. The topological polar surface area (TPSA) is 85.3 Å². The lowest BCUT2D eigenvalue weighted by atomic mass is 9.79. The van der Waals surface area contributed by atoms with E-state index in [1.807, 2.05) is 11.8 Å². The summed E-state index contributed by atoms with van der Waals surface area (Å²) >= 11 is 0. The SMILES string of the molecule is COCC1(C(=O)N2CCOc3cc(C(=O)O)ccc3[C@@H]2C)CCOCC1. The minimum absolute atomic E-state index is 0.0499. The molecule has 3 rings (SSSR count). The summed E-state index contributed by atoms with van der Waals surface area (Å²) in [5.74, 6) is -0.420. The minimum Gasteiger partial charge on any atom is -0.491 e. The number of amides is 1. The number of hydrogen-bond acceptors (Lipinski definition) is 5. The van der Waals surface area contributed by atoms with Crippen molar-refractivity contribution in [3.8, 4) is 5.75 Å². The summed E-state index contributed by atoms with van der Waals surface area (Å²) < 4.78 is 16.6. The van der Waals surface area contributed by atoms with Crippen LogP contribution in [0.4, 0.5) is 0 Å². The monoisotopic (exact) mass is 363 g/mol. The van der Waals surface area contributed by atoms with E-state index in [-0.39, 0.29) is 17.5 Å². The van der Waals surface area contributed by atoms with Crippen molar-refractivity contribution < 1.29 is 28.9 Å². The van der Waals surface area contributed by atoms with E-state index in [0.29, 0.717) is 51.6 Å². The Morgan fingerprint density at radius 3 is 2.69 bits per heavy atom. The first kappa shape index (κ1) is 18.7. The van der Waals surface area contributed by atoms with Crippen LogP contribution < -0.4 is 4.74 Å². The van der Waals surface area contributed by atoms with Crippen LogP contribution >= 0.6 is 0 Å². The first-order valence-electron chi connectivity index (χ1n) is 8.86. The molecule has 1 aromatic rings. The molecule has 2 heterocycles. The number of carbonyl (C=O) groups is 2. The maximum absolute atomic E-state index is 13.5. The van der Waals surface area contributed by atoms with Crippen molar-refractivity contribution in [2.75, 3.05) is 40.1 Å². The molecule has 1 amide bonds. The van der Waals surface area contributed by atoms with Gasteiger partial charge in [-0.15, -0.1) is 0 Å². The van der Waals surface area contributed by atoms with Gasteiger partial charge in [-0.25, -0.2) is 4.79 Å². The molecule has 142 valence electrons. The van der Waals surface area contributed by atoms with Crippen LogP contribution in [0.1, 0.15) is 41.7 Å². The van der Waals surface area contributed by atoms with E-state index in [1.54, 1.807) is 19.2 Å². The first-order valence-corrected chi connectivity index (χ1v) is 8.86. The standard InChI is InChI=1S/C19H25NO6/c1-13-15-4-3-14(17(21)22)11-16(15)26-10-7-20(13)18(23)19(12-24-2)5-8-25-9-6-19/h3-4,11,13H,5-10,12H2,1-2H3,(H,21,22)/t13-/m0/s1. The largest absolute Gasteiger partial charge is 0.491 e. The molecule has 0 unspecified atom stereocenters. The van der Waals surface area contributed by atoms with Gasteiger partial charge >= 0.3 is 5.97 Å². The van der Waals surface area contributed by atoms with E-state index in [9.17, 15) is 14.7 Å². The number of nitrogens with zero attached hydrogens (tertiary/aromatic N) is 1. The number of aromatic carboxylic acids is 1. The van der Waals surface area contributed by atoms with E-state index >= 15 is 0 Å². The van der Waals surface area contributed by atoms with Gasteiger partial charge in [0.15, 0.2) is 0 Å². The van der Waals surface area contributed by atoms with E-state index in [0.717, 1.165) is 5.56 Å². The van der Waals surface area contributed by atoms with Crippen LogP contribution in [0.5, 0.6) is 5.75 Å². The Labute approximate surface area is 152 Å². The Morgan fingerprint density at radius 1 is 1.31 bits per heavy atom. The number of rotatable bonds is 4. The van der Waals surface area contributed by atoms with Crippen LogP contribution in [0.3, 0.4) is 0 Å². The summed E-state index contributed by atoms with van der Waals surface area (Å²) in [5.41, 5.74) is 0.420. The maximum Gasteiger partial charge on any atom is 0.335 e. The second-order valence-corrected chi connectivity index (χ2v) is 6.91. The summed E-state index contributed by atoms with van der Waals surface area (Å²) in [7, 11) is 1.61. The molecular weight excluding hydrogens is 338 g/mol. The minimum atomic E-state index is -0.998. The Kier molecular flexibility index (Phi) is 5.48. The third-order valence-corrected chi connectivity index (χ3v) is 5.35. The molecule has 7 heteroatoms. The lowest BCUT2D eigenvalue weighted by Gasteiger charge is -2.40. The van der Waals surface area contributed by atoms with Gasteiger partial charge in [0.05, 0.1) is 30.2 Å². The molecule has 0 radical (unpaired) electrons. The molecule has 0 spiro atoms. The fourth-order valence-electron chi connectivity index (χ4n) is 3.79. The average molecular weight is 363 g/mol. The number of carboxylic acids is 1. The van der Waals surface area contributed by atoms with Gasteiger partial charge in [-0.2, -0.15) is 0 Å². The Bertz CT molecular complexity index is 677. The molecule has 1 saturated heterocycles. The van der Waals surface area contributed by atoms with Crippen molar-refractivity contribution in [2.24, 2.45) is 5.41 Å². The summed E-state index contributed by atoms with van der Waals surface area (Å²) in [5, 5.41) is 9.18. The van der Waals surface area contributed by atoms with Crippen molar-refractivity contribution in [1.82, 2.24) is 4.90 Å². The molecule has 2 aliphatic rings. The van der Waals surface area contributed by atoms with Crippen molar-refractivity contribution in [3.05, 3.63) is 29.3 Å². The van der Waals surface area contributed by atoms with Crippen LogP contribution in [0, 0.1) is 5.41 Å². The van der Waals surface area contributed by atoms with Gasteiger partial charge in [-0.1, -0.05) is 6.07 Å². The van der Waals surface area contributed by atoms with Crippen molar-refractivity contribution in [3.63, 3.8) is 0 Å². The lowest BCUT2D eigenvalue weighted by Crippen LogP contribution is -2.50. The van der Waals surface area contributed by atoms with Gasteiger partial charge in [-0.3, -0.25) is 4.79 Å². The second kappa shape index (κ2) is 7.63. The highest BCUT2D eigenvalue weighted by Crippen LogP contribution is 2.39. The van der Waals surface area contributed by atoms with Crippen molar-refractivity contribution in [1.29, 1.82) is 0 Å². The molecule has 2 aliphatic heterocycles. The zero-order chi connectivity index (χ0) is 18.7. The molecule has 1 fully saturated rings. The molecule has 0 aromatic heterocycles. The molecule has 1 aromatic carbocycles. The highest BCUT2D eigenvalue weighted by atomic mass is 16.5. The Morgan fingerprint density at radius 2 is 2.04 bits per heavy atom. The number of fused-ring (bicyclic) bond motifs is 1. The zero-order valence-corrected chi connectivity index (χ0v) is 15.2. The summed E-state index contributed by atoms with van der Waals surface area (Å²) in [6.45, 7) is 4.18. The number of benzene rings is 1. The molecule has 0 aliphatic carbocycles. The van der Waals surface area contributed by atoms with Gasteiger partial charge < -0.3 is 24.2 Å². The van der Waals surface area contributed by atoms with Crippen molar-refractivity contribution >= 4 is 11.9 Å². The van der Waals surface area contributed by atoms with Crippen LogP contribution in [-0.4, -0.2) is 62.0 Å². The number of methoxy groups -OCH3 is 1. The molecular formula is C19H25NO6. The smallest absolute Gasteiger partial charge is 0.335 e.